The molecule has 2 aliphatic carbocycles. The molecule has 2 rings (SSSR count). The lowest BCUT2D eigenvalue weighted by atomic mass is 9.57. The Bertz CT molecular complexity index is 257. The maximum Gasteiger partial charge on any atom is -0.00244 e. The van der Waals surface area contributed by atoms with Crippen molar-refractivity contribution >= 4 is 0 Å². The molecule has 0 heterocycles. The third kappa shape index (κ3) is 1.27. The van der Waals surface area contributed by atoms with Gasteiger partial charge in [0.15, 0.2) is 0 Å². The van der Waals surface area contributed by atoms with E-state index in [1.165, 1.54) is 0 Å². The van der Waals surface area contributed by atoms with Crippen molar-refractivity contribution in [3.63, 3.8) is 0 Å². The third-order valence-electron chi connectivity index (χ3n) is 3.98. The van der Waals surface area contributed by atoms with E-state index in [1.807, 2.05) is 0 Å². The van der Waals surface area contributed by atoms with E-state index in [2.05, 4.69) is 52.0 Å². The van der Waals surface area contributed by atoms with Crippen LogP contribution in [-0.2, 0) is 0 Å². The van der Waals surface area contributed by atoms with Gasteiger partial charge in [-0.1, -0.05) is 52.0 Å². The van der Waals surface area contributed by atoms with E-state index >= 15 is 0 Å². The maximum atomic E-state index is 2.42. The van der Waals surface area contributed by atoms with Crippen molar-refractivity contribution in [3.05, 3.63) is 24.3 Å². The fourth-order valence-corrected chi connectivity index (χ4v) is 3.38. The summed E-state index contributed by atoms with van der Waals surface area (Å²) in [5, 5.41) is 0. The van der Waals surface area contributed by atoms with E-state index in [1.54, 1.807) is 0 Å². The lowest BCUT2D eigenvalue weighted by Gasteiger charge is -2.47. The SMILES string of the molecule is CC1C=CC2C=CC(C)(C)C1C2C. The van der Waals surface area contributed by atoms with E-state index in [-0.39, 0.29) is 0 Å². The molecule has 4 unspecified atom stereocenters. The van der Waals surface area contributed by atoms with Gasteiger partial charge in [-0.3, -0.25) is 0 Å². The zero-order valence-corrected chi connectivity index (χ0v) is 9.12. The van der Waals surface area contributed by atoms with Crippen LogP contribution >= 0.6 is 0 Å². The highest BCUT2D eigenvalue weighted by atomic mass is 14.5. The van der Waals surface area contributed by atoms with Crippen LogP contribution in [0.2, 0.25) is 0 Å². The second-order valence-electron chi connectivity index (χ2n) is 5.39. The van der Waals surface area contributed by atoms with Crippen LogP contribution in [0.4, 0.5) is 0 Å². The predicted octanol–water partition coefficient (Wildman–Crippen LogP) is 3.66. The Morgan fingerprint density at radius 2 is 1.69 bits per heavy atom. The fraction of sp³-hybridized carbons (Fsp3) is 0.692. The van der Waals surface area contributed by atoms with Crippen molar-refractivity contribution in [2.24, 2.45) is 29.1 Å². The number of allylic oxidation sites excluding steroid dienone is 4. The molecule has 2 bridgehead atoms. The van der Waals surface area contributed by atoms with Crippen LogP contribution in [-0.4, -0.2) is 0 Å². The molecule has 72 valence electrons. The van der Waals surface area contributed by atoms with Crippen LogP contribution in [0.25, 0.3) is 0 Å². The zero-order chi connectivity index (χ0) is 9.64. The van der Waals surface area contributed by atoms with E-state index < -0.39 is 0 Å². The van der Waals surface area contributed by atoms with Gasteiger partial charge in [0.1, 0.15) is 0 Å². The molecule has 0 aromatic heterocycles. The first-order chi connectivity index (χ1) is 6.02. The van der Waals surface area contributed by atoms with Gasteiger partial charge in [-0.2, -0.15) is 0 Å². The molecule has 0 aromatic rings. The lowest BCUT2D eigenvalue weighted by molar-refractivity contribution is 0.111. The third-order valence-corrected chi connectivity index (χ3v) is 3.98. The van der Waals surface area contributed by atoms with E-state index in [9.17, 15) is 0 Å². The second kappa shape index (κ2) is 2.73. The van der Waals surface area contributed by atoms with Crippen molar-refractivity contribution in [3.8, 4) is 0 Å². The Balaban J connectivity index is 2.41. The Morgan fingerprint density at radius 1 is 1.00 bits per heavy atom. The van der Waals surface area contributed by atoms with Gasteiger partial charge in [0.05, 0.1) is 0 Å². The number of rotatable bonds is 0. The Morgan fingerprint density at radius 3 is 2.31 bits per heavy atom. The molecule has 0 aliphatic heterocycles. The molecule has 0 aromatic carbocycles. The smallest absolute Gasteiger partial charge is 0.00244 e. The summed E-state index contributed by atoms with van der Waals surface area (Å²) in [6.07, 6.45) is 9.60. The highest BCUT2D eigenvalue weighted by molar-refractivity contribution is 5.20. The average molecular weight is 176 g/mol. The van der Waals surface area contributed by atoms with E-state index in [0.717, 1.165) is 17.8 Å². The molecule has 0 amide bonds. The van der Waals surface area contributed by atoms with Crippen molar-refractivity contribution in [2.45, 2.75) is 27.7 Å². The highest BCUT2D eigenvalue weighted by Gasteiger charge is 2.41. The standard InChI is InChI=1S/C13H20/c1-9-5-6-11-7-8-13(3,4)12(9)10(11)2/h5-12H,1-4H3. The fourth-order valence-electron chi connectivity index (χ4n) is 3.38. The van der Waals surface area contributed by atoms with Crippen LogP contribution in [0.5, 0.6) is 0 Å². The van der Waals surface area contributed by atoms with Gasteiger partial charge < -0.3 is 0 Å². The number of hydrogen-bond acceptors (Lipinski definition) is 0. The summed E-state index contributed by atoms with van der Waals surface area (Å²) in [5.74, 6) is 3.09. The quantitative estimate of drug-likeness (QED) is 0.494. The van der Waals surface area contributed by atoms with Crippen LogP contribution in [0, 0.1) is 29.1 Å². The summed E-state index contributed by atoms with van der Waals surface area (Å²) < 4.78 is 0. The molecular weight excluding hydrogens is 156 g/mol. The number of fused-ring (bicyclic) bond motifs is 2. The summed E-state index contributed by atoms with van der Waals surface area (Å²) in [4.78, 5) is 0. The molecular formula is C13H20. The Hall–Kier alpha value is -0.520. The summed E-state index contributed by atoms with van der Waals surface area (Å²) >= 11 is 0. The van der Waals surface area contributed by atoms with Gasteiger partial charge in [0, 0.05) is 0 Å². The van der Waals surface area contributed by atoms with Gasteiger partial charge in [-0.05, 0) is 29.1 Å². The van der Waals surface area contributed by atoms with Gasteiger partial charge in [0.2, 0.25) is 0 Å². The van der Waals surface area contributed by atoms with Crippen molar-refractivity contribution < 1.29 is 0 Å². The Kier molecular flexibility index (Phi) is 1.90. The van der Waals surface area contributed by atoms with E-state index in [4.69, 9.17) is 0 Å². The molecule has 2 aliphatic rings. The van der Waals surface area contributed by atoms with Crippen LogP contribution in [0.3, 0.4) is 0 Å². The lowest BCUT2D eigenvalue weighted by Crippen LogP contribution is -2.40. The van der Waals surface area contributed by atoms with Crippen LogP contribution in [0.1, 0.15) is 27.7 Å². The second-order valence-corrected chi connectivity index (χ2v) is 5.39. The van der Waals surface area contributed by atoms with Gasteiger partial charge in [-0.15, -0.1) is 0 Å². The normalized spacial score (nSPS) is 46.5. The summed E-state index contributed by atoms with van der Waals surface area (Å²) in [6, 6.07) is 0. The first-order valence-corrected chi connectivity index (χ1v) is 5.40. The minimum atomic E-state index is 0.389. The van der Waals surface area contributed by atoms with Crippen LogP contribution in [0.15, 0.2) is 24.3 Å². The van der Waals surface area contributed by atoms with Gasteiger partial charge >= 0.3 is 0 Å². The first-order valence-electron chi connectivity index (χ1n) is 5.40. The molecule has 0 radical (unpaired) electrons. The van der Waals surface area contributed by atoms with Gasteiger partial charge in [0.25, 0.3) is 0 Å². The van der Waals surface area contributed by atoms with Crippen LogP contribution < -0.4 is 0 Å². The molecule has 13 heavy (non-hydrogen) atoms. The largest absolute Gasteiger partial charge is 0.0848 e. The van der Waals surface area contributed by atoms with Gasteiger partial charge in [-0.25, -0.2) is 0 Å². The molecule has 0 N–H and O–H groups in total. The summed E-state index contributed by atoms with van der Waals surface area (Å²) in [7, 11) is 0. The average Bonchev–Trinajstić information content (AvgIpc) is 2.00. The molecule has 0 spiro atoms. The molecule has 4 atom stereocenters. The predicted molar refractivity (Wildman–Crippen MR) is 57.4 cm³/mol. The number of hydrogen-bond donors (Lipinski definition) is 0. The maximum absolute atomic E-state index is 2.42. The zero-order valence-electron chi connectivity index (χ0n) is 9.12. The topological polar surface area (TPSA) is 0 Å². The minimum absolute atomic E-state index is 0.389. The summed E-state index contributed by atoms with van der Waals surface area (Å²) in [6.45, 7) is 9.50. The molecule has 0 saturated heterocycles. The monoisotopic (exact) mass is 176 g/mol. The first kappa shape index (κ1) is 9.05. The molecule has 0 heteroatoms. The van der Waals surface area contributed by atoms with Crippen molar-refractivity contribution in [1.82, 2.24) is 0 Å². The van der Waals surface area contributed by atoms with Crippen molar-refractivity contribution in [2.75, 3.05) is 0 Å². The minimum Gasteiger partial charge on any atom is -0.0848 e. The van der Waals surface area contributed by atoms with Crippen molar-refractivity contribution in [1.29, 1.82) is 0 Å². The molecule has 0 saturated carbocycles. The Labute approximate surface area is 81.7 Å². The molecule has 0 nitrogen and oxygen atoms in total. The summed E-state index contributed by atoms with van der Waals surface area (Å²) in [5.41, 5.74) is 0.389. The highest BCUT2D eigenvalue weighted by Crippen LogP contribution is 2.49. The van der Waals surface area contributed by atoms with E-state index in [0.29, 0.717) is 11.3 Å². The molecule has 0 fully saturated rings.